The van der Waals surface area contributed by atoms with Crippen LogP contribution < -0.4 is 16.1 Å². The van der Waals surface area contributed by atoms with Gasteiger partial charge in [0.25, 0.3) is 5.56 Å². The molecule has 0 fully saturated rings. The molecule has 2 aromatic carbocycles. The summed E-state index contributed by atoms with van der Waals surface area (Å²) < 4.78 is 4.92. The third-order valence-electron chi connectivity index (χ3n) is 6.43. The zero-order chi connectivity index (χ0) is 22.9. The summed E-state index contributed by atoms with van der Waals surface area (Å²) in [4.78, 5) is 33.6. The number of fused-ring (bicyclic) bond motifs is 3. The number of aryl methyl sites for hydroxylation is 2. The minimum absolute atomic E-state index is 0.242. The van der Waals surface area contributed by atoms with Crippen molar-refractivity contribution >= 4 is 17.1 Å². The first kappa shape index (κ1) is 21.2. The molecule has 33 heavy (non-hydrogen) atoms. The molecular weight excluding hydrogens is 414 g/mol. The molecule has 1 atom stereocenters. The van der Waals surface area contributed by atoms with E-state index in [1.807, 2.05) is 41.0 Å². The van der Waals surface area contributed by atoms with Gasteiger partial charge in [-0.1, -0.05) is 67.6 Å². The van der Waals surface area contributed by atoms with E-state index in [9.17, 15) is 9.59 Å². The molecule has 1 unspecified atom stereocenters. The van der Waals surface area contributed by atoms with Gasteiger partial charge in [0.15, 0.2) is 11.2 Å². The van der Waals surface area contributed by atoms with Gasteiger partial charge in [0.2, 0.25) is 5.95 Å². The first-order valence-corrected chi connectivity index (χ1v) is 11.6. The fourth-order valence-electron chi connectivity index (χ4n) is 4.82. The Bertz CT molecular complexity index is 1390. The highest BCUT2D eigenvalue weighted by atomic mass is 16.2. The van der Waals surface area contributed by atoms with E-state index in [1.165, 1.54) is 20.3 Å². The van der Waals surface area contributed by atoms with E-state index in [-0.39, 0.29) is 11.2 Å². The number of nitrogens with zero attached hydrogens (tertiary/aromatic N) is 5. The molecule has 0 N–H and O–H groups in total. The molecule has 0 saturated carbocycles. The summed E-state index contributed by atoms with van der Waals surface area (Å²) in [5, 5.41) is 0. The lowest BCUT2D eigenvalue weighted by Gasteiger charge is -2.33. The van der Waals surface area contributed by atoms with Crippen LogP contribution in [-0.4, -0.2) is 25.2 Å². The Morgan fingerprint density at radius 1 is 0.939 bits per heavy atom. The third kappa shape index (κ3) is 3.99. The van der Waals surface area contributed by atoms with Gasteiger partial charge in [-0.15, -0.1) is 0 Å². The highest BCUT2D eigenvalue weighted by molar-refractivity contribution is 5.75. The molecule has 1 aliphatic heterocycles. The summed E-state index contributed by atoms with van der Waals surface area (Å²) >= 11 is 0. The standard InChI is InChI=1S/C26H29N5O2/c1-19-16-29(18-21-12-7-4-8-13-21)25-27-23-22(31(25)17-19)24(32)30(26(33)28(23)2)15-9-14-20-10-5-3-6-11-20/h3-8,10-13,19H,9,14-18H2,1-2H3. The van der Waals surface area contributed by atoms with Crippen LogP contribution >= 0.6 is 0 Å². The van der Waals surface area contributed by atoms with E-state index in [0.29, 0.717) is 36.7 Å². The Kier molecular flexibility index (Phi) is 5.62. The Morgan fingerprint density at radius 3 is 2.30 bits per heavy atom. The van der Waals surface area contributed by atoms with Crippen LogP contribution in [-0.2, 0) is 33.1 Å². The maximum absolute atomic E-state index is 13.5. The molecule has 170 valence electrons. The van der Waals surface area contributed by atoms with Crippen LogP contribution in [0.25, 0.3) is 11.2 Å². The van der Waals surface area contributed by atoms with E-state index >= 15 is 0 Å². The highest BCUT2D eigenvalue weighted by Crippen LogP contribution is 2.28. The molecule has 0 spiro atoms. The smallest absolute Gasteiger partial charge is 0.332 e. The number of hydrogen-bond donors (Lipinski definition) is 0. The summed E-state index contributed by atoms with van der Waals surface area (Å²) in [5.41, 5.74) is 2.84. The highest BCUT2D eigenvalue weighted by Gasteiger charge is 2.29. The van der Waals surface area contributed by atoms with Gasteiger partial charge >= 0.3 is 5.69 Å². The molecule has 0 aliphatic carbocycles. The number of benzene rings is 2. The van der Waals surface area contributed by atoms with E-state index in [2.05, 4.69) is 36.1 Å². The maximum Gasteiger partial charge on any atom is 0.332 e. The van der Waals surface area contributed by atoms with E-state index in [4.69, 9.17) is 4.98 Å². The fourth-order valence-corrected chi connectivity index (χ4v) is 4.82. The lowest BCUT2D eigenvalue weighted by molar-refractivity contribution is 0.434. The molecule has 4 aromatic rings. The zero-order valence-electron chi connectivity index (χ0n) is 19.1. The van der Waals surface area contributed by atoms with Crippen molar-refractivity contribution in [1.82, 2.24) is 18.7 Å². The minimum Gasteiger partial charge on any atom is -0.338 e. The van der Waals surface area contributed by atoms with Crippen molar-refractivity contribution in [2.75, 3.05) is 11.4 Å². The van der Waals surface area contributed by atoms with E-state index in [0.717, 1.165) is 25.3 Å². The predicted molar refractivity (Wildman–Crippen MR) is 131 cm³/mol. The van der Waals surface area contributed by atoms with Gasteiger partial charge in [-0.3, -0.25) is 13.9 Å². The largest absolute Gasteiger partial charge is 0.338 e. The normalized spacial score (nSPS) is 15.7. The molecule has 3 heterocycles. The molecule has 7 heteroatoms. The fraction of sp³-hybridized carbons (Fsp3) is 0.346. The van der Waals surface area contributed by atoms with Crippen LogP contribution in [0.4, 0.5) is 5.95 Å². The molecule has 2 aromatic heterocycles. The lowest BCUT2D eigenvalue weighted by atomic mass is 10.1. The van der Waals surface area contributed by atoms with Gasteiger partial charge < -0.3 is 9.47 Å². The van der Waals surface area contributed by atoms with Crippen LogP contribution in [0, 0.1) is 5.92 Å². The molecule has 0 saturated heterocycles. The van der Waals surface area contributed by atoms with Crippen LogP contribution in [0.3, 0.4) is 0 Å². The summed E-state index contributed by atoms with van der Waals surface area (Å²) in [6, 6.07) is 20.4. The molecule has 0 bridgehead atoms. The summed E-state index contributed by atoms with van der Waals surface area (Å²) in [6.07, 6.45) is 1.54. The number of imidazole rings is 1. The zero-order valence-corrected chi connectivity index (χ0v) is 19.1. The first-order valence-electron chi connectivity index (χ1n) is 11.6. The molecule has 7 nitrogen and oxygen atoms in total. The van der Waals surface area contributed by atoms with Crippen molar-refractivity contribution in [2.24, 2.45) is 13.0 Å². The quantitative estimate of drug-likeness (QED) is 0.459. The summed E-state index contributed by atoms with van der Waals surface area (Å²) in [5.74, 6) is 1.13. The molecule has 5 rings (SSSR count). The first-order chi connectivity index (χ1) is 16.0. The van der Waals surface area contributed by atoms with Gasteiger partial charge in [0.05, 0.1) is 0 Å². The predicted octanol–water partition coefficient (Wildman–Crippen LogP) is 3.19. The number of rotatable bonds is 6. The van der Waals surface area contributed by atoms with Crippen molar-refractivity contribution in [3.05, 3.63) is 92.6 Å². The Balaban J connectivity index is 1.53. The molecule has 1 aliphatic rings. The van der Waals surface area contributed by atoms with E-state index in [1.54, 1.807) is 7.05 Å². The van der Waals surface area contributed by atoms with Crippen molar-refractivity contribution in [3.8, 4) is 0 Å². The molecule has 0 radical (unpaired) electrons. The minimum atomic E-state index is -0.307. The van der Waals surface area contributed by atoms with Gasteiger partial charge in [-0.25, -0.2) is 4.79 Å². The molecule has 0 amide bonds. The van der Waals surface area contributed by atoms with Gasteiger partial charge in [0.1, 0.15) is 0 Å². The lowest BCUT2D eigenvalue weighted by Crippen LogP contribution is -2.41. The SMILES string of the molecule is CC1CN(Cc2ccccc2)c2nc3c(c(=O)n(CCCc4ccccc4)c(=O)n3C)n2C1. The third-order valence-corrected chi connectivity index (χ3v) is 6.43. The summed E-state index contributed by atoms with van der Waals surface area (Å²) in [6.45, 7) is 4.87. The van der Waals surface area contributed by atoms with E-state index < -0.39 is 0 Å². The Labute approximate surface area is 192 Å². The van der Waals surface area contributed by atoms with Gasteiger partial charge in [0, 0.05) is 33.2 Å². The second-order valence-corrected chi connectivity index (χ2v) is 9.05. The average molecular weight is 444 g/mol. The summed E-state index contributed by atoms with van der Waals surface area (Å²) in [7, 11) is 1.71. The van der Waals surface area contributed by atoms with Gasteiger partial charge in [-0.2, -0.15) is 4.98 Å². The van der Waals surface area contributed by atoms with Crippen molar-refractivity contribution < 1.29 is 0 Å². The Morgan fingerprint density at radius 2 is 1.61 bits per heavy atom. The topological polar surface area (TPSA) is 65.1 Å². The monoisotopic (exact) mass is 443 g/mol. The van der Waals surface area contributed by atoms with Gasteiger partial charge in [-0.05, 0) is 29.9 Å². The Hall–Kier alpha value is -3.61. The average Bonchev–Trinajstić information content (AvgIpc) is 3.21. The second-order valence-electron chi connectivity index (χ2n) is 9.05. The van der Waals surface area contributed by atoms with Crippen LogP contribution in [0.1, 0.15) is 24.5 Å². The molecular formula is C26H29N5O2. The second kappa shape index (κ2) is 8.73. The number of anilines is 1. The van der Waals surface area contributed by atoms with Crippen molar-refractivity contribution in [1.29, 1.82) is 0 Å². The van der Waals surface area contributed by atoms with Crippen LogP contribution in [0.2, 0.25) is 0 Å². The van der Waals surface area contributed by atoms with Crippen LogP contribution in [0.15, 0.2) is 70.3 Å². The number of aromatic nitrogens is 4. The maximum atomic E-state index is 13.5. The van der Waals surface area contributed by atoms with Crippen molar-refractivity contribution in [2.45, 2.75) is 39.4 Å². The number of hydrogen-bond acceptors (Lipinski definition) is 4. The van der Waals surface area contributed by atoms with Crippen molar-refractivity contribution in [3.63, 3.8) is 0 Å². The van der Waals surface area contributed by atoms with Crippen LogP contribution in [0.5, 0.6) is 0 Å².